The van der Waals surface area contributed by atoms with Crippen LogP contribution in [0.25, 0.3) is 11.1 Å². The maximum absolute atomic E-state index is 14.1. The monoisotopic (exact) mass is 483 g/mol. The number of hydrogen-bond donors (Lipinski definition) is 2. The lowest BCUT2D eigenvalue weighted by Gasteiger charge is -2.44. The molecule has 2 aliphatic heterocycles. The van der Waals surface area contributed by atoms with Crippen molar-refractivity contribution in [2.45, 2.75) is 50.2 Å². The van der Waals surface area contributed by atoms with Gasteiger partial charge in [0.25, 0.3) is 0 Å². The van der Waals surface area contributed by atoms with Crippen LogP contribution >= 0.6 is 0 Å². The molecular formula is C28H38FN3O3. The van der Waals surface area contributed by atoms with Gasteiger partial charge in [0.1, 0.15) is 5.82 Å². The first-order valence-electron chi connectivity index (χ1n) is 12.8. The Morgan fingerprint density at radius 1 is 1.11 bits per heavy atom. The number of carbonyl (C=O) groups is 1. The predicted octanol–water partition coefficient (Wildman–Crippen LogP) is 4.36. The van der Waals surface area contributed by atoms with Gasteiger partial charge in [-0.1, -0.05) is 36.4 Å². The van der Waals surface area contributed by atoms with Crippen LogP contribution in [0.1, 0.15) is 44.1 Å². The summed E-state index contributed by atoms with van der Waals surface area (Å²) in [6.45, 7) is 3.08. The highest BCUT2D eigenvalue weighted by atomic mass is 19.1. The highest BCUT2D eigenvalue weighted by Crippen LogP contribution is 2.43. The maximum Gasteiger partial charge on any atom is 0.320 e. The van der Waals surface area contributed by atoms with E-state index in [0.717, 1.165) is 48.8 Å². The first-order chi connectivity index (χ1) is 16.9. The summed E-state index contributed by atoms with van der Waals surface area (Å²) in [6.07, 6.45) is 4.65. The third-order valence-corrected chi connectivity index (χ3v) is 7.55. The van der Waals surface area contributed by atoms with Crippen molar-refractivity contribution in [3.63, 3.8) is 0 Å². The number of carbonyl (C=O) groups excluding carboxylic acids is 1. The van der Waals surface area contributed by atoms with Gasteiger partial charge in [-0.2, -0.15) is 0 Å². The molecule has 190 valence electrons. The summed E-state index contributed by atoms with van der Waals surface area (Å²) in [4.78, 5) is 17.0. The van der Waals surface area contributed by atoms with Crippen LogP contribution < -0.4 is 5.73 Å². The Bertz CT molecular complexity index is 1000. The molecule has 3 N–H and O–H groups in total. The molecule has 0 radical (unpaired) electrons. The Balaban J connectivity index is 1.65. The Hall–Kier alpha value is -2.48. The highest BCUT2D eigenvalue weighted by molar-refractivity contribution is 5.75. The van der Waals surface area contributed by atoms with Gasteiger partial charge in [0, 0.05) is 51.9 Å². The Kier molecular flexibility index (Phi) is 8.42. The van der Waals surface area contributed by atoms with E-state index in [2.05, 4.69) is 0 Å². The number of piperidine rings is 1. The average Bonchev–Trinajstić information content (AvgIpc) is 3.32. The Labute approximate surface area is 207 Å². The molecular weight excluding hydrogens is 445 g/mol. The van der Waals surface area contributed by atoms with Crippen LogP contribution in [0.2, 0.25) is 0 Å². The first kappa shape index (κ1) is 25.6. The summed E-state index contributed by atoms with van der Waals surface area (Å²) < 4.78 is 19.3. The molecule has 2 saturated heterocycles. The van der Waals surface area contributed by atoms with E-state index < -0.39 is 5.60 Å². The van der Waals surface area contributed by atoms with Crippen molar-refractivity contribution in [3.05, 3.63) is 59.9 Å². The molecule has 0 saturated carbocycles. The second-order valence-corrected chi connectivity index (χ2v) is 9.99. The number of methoxy groups -OCH3 is 1. The van der Waals surface area contributed by atoms with E-state index in [4.69, 9.17) is 10.5 Å². The van der Waals surface area contributed by atoms with Crippen molar-refractivity contribution < 1.29 is 19.0 Å². The molecule has 2 fully saturated rings. The molecule has 0 unspecified atom stereocenters. The van der Waals surface area contributed by atoms with Crippen LogP contribution in [-0.2, 0) is 10.3 Å². The largest absolute Gasteiger partial charge is 0.385 e. The lowest BCUT2D eigenvalue weighted by Crippen LogP contribution is -2.51. The van der Waals surface area contributed by atoms with Gasteiger partial charge in [0.2, 0.25) is 0 Å². The molecule has 3 atom stereocenters. The molecule has 2 heterocycles. The minimum atomic E-state index is -1.16. The second-order valence-electron chi connectivity index (χ2n) is 9.99. The number of nitrogens with two attached hydrogens (primary N) is 1. The molecule has 0 bridgehead atoms. The minimum absolute atomic E-state index is 0.0165. The van der Waals surface area contributed by atoms with Crippen LogP contribution in [0.4, 0.5) is 9.18 Å². The number of rotatable bonds is 8. The maximum atomic E-state index is 14.1. The lowest BCUT2D eigenvalue weighted by atomic mass is 9.72. The van der Waals surface area contributed by atoms with Crippen LogP contribution in [-0.4, -0.2) is 66.9 Å². The molecule has 0 aliphatic carbocycles. The van der Waals surface area contributed by atoms with Crippen LogP contribution in [0, 0.1) is 11.7 Å². The molecule has 2 amide bonds. The molecule has 35 heavy (non-hydrogen) atoms. The van der Waals surface area contributed by atoms with Gasteiger partial charge in [-0.15, -0.1) is 0 Å². The van der Waals surface area contributed by atoms with Crippen LogP contribution in [0.3, 0.4) is 0 Å². The van der Waals surface area contributed by atoms with Crippen LogP contribution in [0.15, 0.2) is 48.5 Å². The van der Waals surface area contributed by atoms with E-state index in [-0.39, 0.29) is 23.8 Å². The molecule has 0 aromatic heterocycles. The summed E-state index contributed by atoms with van der Waals surface area (Å²) in [5.41, 5.74) is 7.25. The zero-order chi connectivity index (χ0) is 24.8. The summed E-state index contributed by atoms with van der Waals surface area (Å²) in [5, 5.41) is 12.4. The number of ether oxygens (including phenoxy) is 1. The molecule has 2 aliphatic rings. The normalized spacial score (nSPS) is 22.3. The fourth-order valence-corrected chi connectivity index (χ4v) is 5.67. The highest BCUT2D eigenvalue weighted by Gasteiger charge is 2.43. The number of unbranched alkanes of at least 4 members (excludes halogenated alkanes) is 1. The molecule has 6 nitrogen and oxygen atoms in total. The average molecular weight is 484 g/mol. The predicted molar refractivity (Wildman–Crippen MR) is 135 cm³/mol. The van der Waals surface area contributed by atoms with Crippen LogP contribution in [0.5, 0.6) is 0 Å². The summed E-state index contributed by atoms with van der Waals surface area (Å²) in [5.74, 6) is -0.437. The standard InChI is InChI=1S/C28H38FN3O3/c1-35-17-5-4-14-28(34,26-12-3-2-11-25(26)21-8-6-10-23(29)18-21)22-9-7-15-31(19-22)27(33)32-16-13-24(30)20-32/h2-3,6,8,10-12,18,22,24,34H,4-5,7,9,13-17,19-20,30H2,1H3/t22-,24+,28+/m1/s1. The van der Waals surface area contributed by atoms with Gasteiger partial charge in [-0.05, 0) is 67.3 Å². The van der Waals surface area contributed by atoms with E-state index in [1.165, 1.54) is 12.1 Å². The number of hydrogen-bond acceptors (Lipinski definition) is 4. The fourth-order valence-electron chi connectivity index (χ4n) is 5.67. The number of nitrogens with zero attached hydrogens (tertiary/aromatic N) is 2. The number of aliphatic hydroxyl groups is 1. The number of likely N-dealkylation sites (tertiary alicyclic amines) is 2. The van der Waals surface area contributed by atoms with Gasteiger partial charge < -0.3 is 25.4 Å². The topological polar surface area (TPSA) is 79.0 Å². The summed E-state index contributed by atoms with van der Waals surface area (Å²) in [7, 11) is 1.68. The molecule has 4 rings (SSSR count). The summed E-state index contributed by atoms with van der Waals surface area (Å²) >= 11 is 0. The van der Waals surface area contributed by atoms with Crippen molar-refractivity contribution in [2.24, 2.45) is 11.7 Å². The Morgan fingerprint density at radius 2 is 1.91 bits per heavy atom. The molecule has 7 heteroatoms. The lowest BCUT2D eigenvalue weighted by molar-refractivity contribution is -0.0571. The van der Waals surface area contributed by atoms with Gasteiger partial charge in [0.05, 0.1) is 5.60 Å². The van der Waals surface area contributed by atoms with Crippen molar-refractivity contribution in [2.75, 3.05) is 39.9 Å². The first-order valence-corrected chi connectivity index (χ1v) is 12.8. The molecule has 2 aromatic rings. The van der Waals surface area contributed by atoms with Gasteiger partial charge in [0.15, 0.2) is 0 Å². The quantitative estimate of drug-likeness (QED) is 0.547. The number of amides is 2. The van der Waals surface area contributed by atoms with E-state index in [9.17, 15) is 14.3 Å². The smallest absolute Gasteiger partial charge is 0.320 e. The third-order valence-electron chi connectivity index (χ3n) is 7.55. The molecule has 0 spiro atoms. The zero-order valence-electron chi connectivity index (χ0n) is 20.7. The number of urea groups is 1. The van der Waals surface area contributed by atoms with E-state index in [1.807, 2.05) is 40.1 Å². The number of benzene rings is 2. The Morgan fingerprint density at radius 3 is 2.66 bits per heavy atom. The van der Waals surface area contributed by atoms with E-state index in [0.29, 0.717) is 39.2 Å². The SMILES string of the molecule is COCCCC[C@@](O)(c1ccccc1-c1cccc(F)c1)[C@@H]1CCCN(C(=O)N2CC[C@H](N)C2)C1. The summed E-state index contributed by atoms with van der Waals surface area (Å²) in [6, 6.07) is 14.3. The van der Waals surface area contributed by atoms with E-state index >= 15 is 0 Å². The van der Waals surface area contributed by atoms with Crippen molar-refractivity contribution in [3.8, 4) is 11.1 Å². The fraction of sp³-hybridized carbons (Fsp3) is 0.536. The van der Waals surface area contributed by atoms with Gasteiger partial charge >= 0.3 is 6.03 Å². The molecule has 2 aromatic carbocycles. The van der Waals surface area contributed by atoms with Gasteiger partial charge in [-0.25, -0.2) is 9.18 Å². The van der Waals surface area contributed by atoms with Crippen molar-refractivity contribution in [1.29, 1.82) is 0 Å². The van der Waals surface area contributed by atoms with E-state index in [1.54, 1.807) is 13.2 Å². The number of halogens is 1. The second kappa shape index (κ2) is 11.5. The minimum Gasteiger partial charge on any atom is -0.385 e. The van der Waals surface area contributed by atoms with Crippen molar-refractivity contribution in [1.82, 2.24) is 9.80 Å². The van der Waals surface area contributed by atoms with Gasteiger partial charge in [-0.3, -0.25) is 0 Å². The van der Waals surface area contributed by atoms with Crippen molar-refractivity contribution >= 4 is 6.03 Å². The zero-order valence-corrected chi connectivity index (χ0v) is 20.7. The third kappa shape index (κ3) is 5.85.